The third-order valence-electron chi connectivity index (χ3n) is 3.02. The molecule has 8 heteroatoms. The maximum absolute atomic E-state index is 12.3. The average Bonchev–Trinajstić information content (AvgIpc) is 3.01. The Hall–Kier alpha value is -2.45. The van der Waals surface area contributed by atoms with Gasteiger partial charge >= 0.3 is 6.01 Å². The number of thiophene rings is 1. The second kappa shape index (κ2) is 6.58. The van der Waals surface area contributed by atoms with Crippen LogP contribution in [0.25, 0.3) is 0 Å². The number of aryl methyl sites for hydroxylation is 2. The van der Waals surface area contributed by atoms with E-state index in [4.69, 9.17) is 4.74 Å². The van der Waals surface area contributed by atoms with Crippen LogP contribution in [0, 0.1) is 13.8 Å². The van der Waals surface area contributed by atoms with Crippen LogP contribution in [0.15, 0.2) is 52.1 Å². The van der Waals surface area contributed by atoms with E-state index in [0.717, 1.165) is 22.7 Å². The van der Waals surface area contributed by atoms with Crippen molar-refractivity contribution in [3.05, 3.63) is 59.2 Å². The van der Waals surface area contributed by atoms with E-state index in [1.165, 1.54) is 0 Å². The van der Waals surface area contributed by atoms with Crippen LogP contribution in [0.2, 0.25) is 0 Å². The molecular weight excluding hydrogens is 346 g/mol. The molecule has 1 N–H and O–H groups in total. The number of rotatable bonds is 5. The molecule has 3 aromatic rings. The van der Waals surface area contributed by atoms with Crippen LogP contribution in [0.1, 0.15) is 11.4 Å². The topological polar surface area (TPSA) is 81.2 Å². The minimum atomic E-state index is -3.59. The van der Waals surface area contributed by atoms with Crippen molar-refractivity contribution in [2.24, 2.45) is 0 Å². The molecule has 124 valence electrons. The number of aromatic nitrogens is 2. The molecule has 0 aliphatic heterocycles. The van der Waals surface area contributed by atoms with Crippen molar-refractivity contribution in [2.45, 2.75) is 18.1 Å². The summed E-state index contributed by atoms with van der Waals surface area (Å²) in [7, 11) is -3.59. The SMILES string of the molecule is Cc1cc(C)nc(Oc2cccc(NS(=O)(=O)c3cccs3)c2)n1. The summed E-state index contributed by atoms with van der Waals surface area (Å²) < 4.78 is 32.9. The highest BCUT2D eigenvalue weighted by Gasteiger charge is 2.15. The predicted octanol–water partition coefficient (Wildman–Crippen LogP) is 3.75. The maximum Gasteiger partial charge on any atom is 0.322 e. The van der Waals surface area contributed by atoms with Crippen molar-refractivity contribution >= 4 is 27.0 Å². The number of ether oxygens (including phenoxy) is 1. The fourth-order valence-electron chi connectivity index (χ4n) is 2.09. The van der Waals surface area contributed by atoms with Crippen LogP contribution < -0.4 is 9.46 Å². The summed E-state index contributed by atoms with van der Waals surface area (Å²) in [5.74, 6) is 0.450. The van der Waals surface area contributed by atoms with Crippen molar-refractivity contribution in [3.8, 4) is 11.8 Å². The molecule has 3 rings (SSSR count). The van der Waals surface area contributed by atoms with Gasteiger partial charge in [-0.1, -0.05) is 12.1 Å². The lowest BCUT2D eigenvalue weighted by atomic mass is 10.3. The smallest absolute Gasteiger partial charge is 0.322 e. The van der Waals surface area contributed by atoms with Gasteiger partial charge in [0.2, 0.25) is 0 Å². The number of hydrogen-bond donors (Lipinski definition) is 1. The number of hydrogen-bond acceptors (Lipinski definition) is 6. The summed E-state index contributed by atoms with van der Waals surface area (Å²) in [4.78, 5) is 8.41. The third kappa shape index (κ3) is 3.90. The van der Waals surface area contributed by atoms with E-state index in [-0.39, 0.29) is 10.2 Å². The summed E-state index contributed by atoms with van der Waals surface area (Å²) in [6.45, 7) is 3.71. The highest BCUT2D eigenvalue weighted by molar-refractivity contribution is 7.94. The lowest BCUT2D eigenvalue weighted by Gasteiger charge is -2.09. The quantitative estimate of drug-likeness (QED) is 0.748. The lowest BCUT2D eigenvalue weighted by Crippen LogP contribution is -2.11. The normalized spacial score (nSPS) is 11.2. The molecule has 0 spiro atoms. The van der Waals surface area contributed by atoms with Gasteiger partial charge < -0.3 is 4.74 Å². The lowest BCUT2D eigenvalue weighted by molar-refractivity contribution is 0.439. The first kappa shape index (κ1) is 16.4. The number of anilines is 1. The van der Waals surface area contributed by atoms with Gasteiger partial charge in [0.15, 0.2) is 0 Å². The maximum atomic E-state index is 12.3. The molecule has 1 aromatic carbocycles. The van der Waals surface area contributed by atoms with E-state index in [9.17, 15) is 8.42 Å². The van der Waals surface area contributed by atoms with Crippen molar-refractivity contribution in [1.29, 1.82) is 0 Å². The monoisotopic (exact) mass is 361 g/mol. The van der Waals surface area contributed by atoms with E-state index >= 15 is 0 Å². The molecule has 0 saturated carbocycles. The van der Waals surface area contributed by atoms with E-state index in [1.807, 2.05) is 19.9 Å². The number of nitrogens with zero attached hydrogens (tertiary/aromatic N) is 2. The number of benzene rings is 1. The zero-order valence-electron chi connectivity index (χ0n) is 13.1. The molecule has 0 bridgehead atoms. The van der Waals surface area contributed by atoms with E-state index in [0.29, 0.717) is 11.4 Å². The summed E-state index contributed by atoms with van der Waals surface area (Å²) in [6, 6.07) is 12.0. The standard InChI is InChI=1S/C16H15N3O3S2/c1-11-9-12(2)18-16(17-11)22-14-6-3-5-13(10-14)19-24(20,21)15-7-4-8-23-15/h3-10,19H,1-2H3. The first-order valence-corrected chi connectivity index (χ1v) is 9.45. The Labute approximate surface area is 144 Å². The highest BCUT2D eigenvalue weighted by Crippen LogP contribution is 2.25. The van der Waals surface area contributed by atoms with E-state index in [1.54, 1.807) is 41.8 Å². The molecule has 6 nitrogen and oxygen atoms in total. The molecule has 0 aliphatic rings. The fourth-order valence-corrected chi connectivity index (χ4v) is 4.13. The zero-order chi connectivity index (χ0) is 17.2. The van der Waals surface area contributed by atoms with Crippen molar-refractivity contribution < 1.29 is 13.2 Å². The molecule has 24 heavy (non-hydrogen) atoms. The molecule has 0 aliphatic carbocycles. The summed E-state index contributed by atoms with van der Waals surface area (Å²) in [5.41, 5.74) is 2.00. The van der Waals surface area contributed by atoms with Gasteiger partial charge in [-0.3, -0.25) is 4.72 Å². The van der Waals surface area contributed by atoms with Gasteiger partial charge in [0, 0.05) is 17.5 Å². The van der Waals surface area contributed by atoms with Gasteiger partial charge in [-0.05, 0) is 43.5 Å². The second-order valence-electron chi connectivity index (χ2n) is 5.10. The second-order valence-corrected chi connectivity index (χ2v) is 7.96. The molecule has 2 aromatic heterocycles. The fraction of sp³-hybridized carbons (Fsp3) is 0.125. The molecule has 0 fully saturated rings. The Balaban J connectivity index is 1.82. The molecule has 2 heterocycles. The molecular formula is C16H15N3O3S2. The number of sulfonamides is 1. The summed E-state index contributed by atoms with van der Waals surface area (Å²) >= 11 is 1.16. The molecule has 0 unspecified atom stereocenters. The van der Waals surface area contributed by atoms with Gasteiger partial charge in [0.1, 0.15) is 9.96 Å². The van der Waals surface area contributed by atoms with Crippen molar-refractivity contribution in [1.82, 2.24) is 9.97 Å². The summed E-state index contributed by atoms with van der Waals surface area (Å²) in [6.07, 6.45) is 0. The van der Waals surface area contributed by atoms with Crippen molar-refractivity contribution in [2.75, 3.05) is 4.72 Å². The van der Waals surface area contributed by atoms with Crippen LogP contribution in [-0.4, -0.2) is 18.4 Å². The first-order chi connectivity index (χ1) is 11.4. The Bertz CT molecular complexity index is 934. The number of nitrogens with one attached hydrogen (secondary N) is 1. The van der Waals surface area contributed by atoms with Gasteiger partial charge in [0.05, 0.1) is 5.69 Å². The van der Waals surface area contributed by atoms with Gasteiger partial charge in [0.25, 0.3) is 10.0 Å². The predicted molar refractivity (Wildman–Crippen MR) is 93.1 cm³/mol. The molecule has 0 amide bonds. The molecule has 0 radical (unpaired) electrons. The Morgan fingerprint density at radius 2 is 1.79 bits per heavy atom. The highest BCUT2D eigenvalue weighted by atomic mass is 32.2. The van der Waals surface area contributed by atoms with Crippen LogP contribution in [0.5, 0.6) is 11.8 Å². The van der Waals surface area contributed by atoms with Gasteiger partial charge in [-0.15, -0.1) is 11.3 Å². The van der Waals surface area contributed by atoms with Gasteiger partial charge in [-0.25, -0.2) is 18.4 Å². The minimum absolute atomic E-state index is 0.228. The van der Waals surface area contributed by atoms with E-state index in [2.05, 4.69) is 14.7 Å². The van der Waals surface area contributed by atoms with Crippen LogP contribution >= 0.6 is 11.3 Å². The molecule has 0 saturated heterocycles. The van der Waals surface area contributed by atoms with Crippen molar-refractivity contribution in [3.63, 3.8) is 0 Å². The average molecular weight is 361 g/mol. The Morgan fingerprint density at radius 1 is 1.04 bits per heavy atom. The van der Waals surface area contributed by atoms with Crippen LogP contribution in [0.3, 0.4) is 0 Å². The Morgan fingerprint density at radius 3 is 2.46 bits per heavy atom. The molecule has 0 atom stereocenters. The van der Waals surface area contributed by atoms with Gasteiger partial charge in [-0.2, -0.15) is 0 Å². The largest absolute Gasteiger partial charge is 0.424 e. The minimum Gasteiger partial charge on any atom is -0.424 e. The Kier molecular flexibility index (Phi) is 4.50. The zero-order valence-corrected chi connectivity index (χ0v) is 14.7. The summed E-state index contributed by atoms with van der Waals surface area (Å²) in [5, 5.41) is 1.71. The first-order valence-electron chi connectivity index (χ1n) is 7.09. The van der Waals surface area contributed by atoms with E-state index < -0.39 is 10.0 Å². The van der Waals surface area contributed by atoms with Crippen LogP contribution in [0.4, 0.5) is 5.69 Å². The third-order valence-corrected chi connectivity index (χ3v) is 5.80. The van der Waals surface area contributed by atoms with Crippen LogP contribution in [-0.2, 0) is 10.0 Å².